The summed E-state index contributed by atoms with van der Waals surface area (Å²) < 4.78 is 17.2. The Balaban J connectivity index is 1.83. The number of hydrogen-bond donors (Lipinski definition) is 5. The highest BCUT2D eigenvalue weighted by Gasteiger charge is 2.67. The molecular formula is C16H26O8. The van der Waals surface area contributed by atoms with E-state index in [9.17, 15) is 25.5 Å². The molecule has 0 amide bonds. The summed E-state index contributed by atoms with van der Waals surface area (Å²) in [5.41, 5.74) is -0.984. The molecule has 3 rings (SSSR count). The maximum atomic E-state index is 10.6. The zero-order chi connectivity index (χ0) is 17.9. The van der Waals surface area contributed by atoms with E-state index in [1.54, 1.807) is 13.8 Å². The zero-order valence-electron chi connectivity index (χ0n) is 13.8. The van der Waals surface area contributed by atoms with Crippen molar-refractivity contribution in [1.82, 2.24) is 0 Å². The largest absolute Gasteiger partial charge is 0.394 e. The molecule has 0 aromatic carbocycles. The van der Waals surface area contributed by atoms with Crippen LogP contribution in [-0.2, 0) is 14.2 Å². The molecule has 3 aliphatic rings. The van der Waals surface area contributed by atoms with Gasteiger partial charge in [-0.25, -0.2) is 0 Å². The van der Waals surface area contributed by atoms with Crippen LogP contribution in [0.3, 0.4) is 0 Å². The van der Waals surface area contributed by atoms with Crippen LogP contribution >= 0.6 is 0 Å². The summed E-state index contributed by atoms with van der Waals surface area (Å²) >= 11 is 0. The molecule has 9 unspecified atom stereocenters. The van der Waals surface area contributed by atoms with E-state index in [4.69, 9.17) is 14.2 Å². The normalized spacial score (nSPS) is 54.2. The smallest absolute Gasteiger partial charge is 0.187 e. The van der Waals surface area contributed by atoms with E-state index in [-0.39, 0.29) is 0 Å². The lowest BCUT2D eigenvalue weighted by atomic mass is 9.75. The van der Waals surface area contributed by atoms with Crippen LogP contribution in [0.1, 0.15) is 26.7 Å². The van der Waals surface area contributed by atoms with Crippen LogP contribution < -0.4 is 0 Å². The SMILES string of the molecule is C=C(C)C12CCC(C)(O1)C(O)C2OC1OC(CO)C(O)C(O)C1O. The molecule has 8 nitrogen and oxygen atoms in total. The van der Waals surface area contributed by atoms with Crippen molar-refractivity contribution < 1.29 is 39.7 Å². The number of aliphatic hydroxyl groups excluding tert-OH is 5. The van der Waals surface area contributed by atoms with Gasteiger partial charge < -0.3 is 39.7 Å². The number of ether oxygens (including phenoxy) is 3. The predicted molar refractivity (Wildman–Crippen MR) is 80.9 cm³/mol. The van der Waals surface area contributed by atoms with Crippen molar-refractivity contribution in [1.29, 1.82) is 0 Å². The first kappa shape index (κ1) is 18.2. The third kappa shape index (κ3) is 2.45. The molecule has 0 radical (unpaired) electrons. The van der Waals surface area contributed by atoms with Gasteiger partial charge in [-0.15, -0.1) is 0 Å². The Morgan fingerprint density at radius 3 is 2.42 bits per heavy atom. The molecule has 0 aromatic rings. The molecule has 0 aromatic heterocycles. The second-order valence-electron chi connectivity index (χ2n) is 7.28. The Hall–Kier alpha value is -0.580. The highest BCUT2D eigenvalue weighted by Crippen LogP contribution is 2.55. The molecule has 0 spiro atoms. The maximum absolute atomic E-state index is 10.6. The average molecular weight is 346 g/mol. The molecule has 3 saturated heterocycles. The number of rotatable bonds is 4. The molecule has 3 fully saturated rings. The van der Waals surface area contributed by atoms with Crippen LogP contribution in [0.2, 0.25) is 0 Å². The van der Waals surface area contributed by atoms with E-state index in [1.165, 1.54) is 0 Å². The van der Waals surface area contributed by atoms with Crippen molar-refractivity contribution in [2.24, 2.45) is 0 Å². The van der Waals surface area contributed by atoms with Crippen molar-refractivity contribution in [2.75, 3.05) is 6.61 Å². The van der Waals surface area contributed by atoms with Crippen molar-refractivity contribution in [3.8, 4) is 0 Å². The summed E-state index contributed by atoms with van der Waals surface area (Å²) in [6.45, 7) is 6.98. The van der Waals surface area contributed by atoms with E-state index >= 15 is 0 Å². The zero-order valence-corrected chi connectivity index (χ0v) is 13.8. The van der Waals surface area contributed by atoms with E-state index in [2.05, 4.69) is 6.58 Å². The first-order chi connectivity index (χ1) is 11.2. The lowest BCUT2D eigenvalue weighted by molar-refractivity contribution is -0.321. The van der Waals surface area contributed by atoms with Crippen LogP contribution in [0.25, 0.3) is 0 Å². The van der Waals surface area contributed by atoms with Gasteiger partial charge in [0.15, 0.2) is 6.29 Å². The van der Waals surface area contributed by atoms with Crippen molar-refractivity contribution in [2.45, 2.75) is 80.8 Å². The number of hydrogen-bond acceptors (Lipinski definition) is 8. The fraction of sp³-hybridized carbons (Fsp3) is 0.875. The highest BCUT2D eigenvalue weighted by molar-refractivity contribution is 5.27. The minimum absolute atomic E-state index is 0.544. The van der Waals surface area contributed by atoms with Crippen molar-refractivity contribution in [3.63, 3.8) is 0 Å². The van der Waals surface area contributed by atoms with Crippen LogP contribution in [0, 0.1) is 0 Å². The highest BCUT2D eigenvalue weighted by atomic mass is 16.7. The Bertz CT molecular complexity index is 510. The van der Waals surface area contributed by atoms with Crippen molar-refractivity contribution in [3.05, 3.63) is 12.2 Å². The number of aliphatic hydroxyl groups is 5. The summed E-state index contributed by atoms with van der Waals surface area (Å²) in [4.78, 5) is 0. The molecule has 2 bridgehead atoms. The Labute approximate surface area is 140 Å². The molecule has 0 saturated carbocycles. The minimum atomic E-state index is -1.53. The molecule has 5 N–H and O–H groups in total. The summed E-state index contributed by atoms with van der Waals surface area (Å²) in [6.07, 6.45) is -7.44. The third-order valence-electron chi connectivity index (χ3n) is 5.63. The van der Waals surface area contributed by atoms with Crippen LogP contribution in [-0.4, -0.2) is 86.3 Å². The van der Waals surface area contributed by atoms with Gasteiger partial charge in [0.05, 0.1) is 12.2 Å². The van der Waals surface area contributed by atoms with Gasteiger partial charge in [-0.3, -0.25) is 0 Å². The molecule has 3 heterocycles. The van der Waals surface area contributed by atoms with Crippen LogP contribution in [0.5, 0.6) is 0 Å². The fourth-order valence-corrected chi connectivity index (χ4v) is 3.99. The first-order valence-corrected chi connectivity index (χ1v) is 8.16. The fourth-order valence-electron chi connectivity index (χ4n) is 3.99. The van der Waals surface area contributed by atoms with Crippen LogP contribution in [0.15, 0.2) is 12.2 Å². The lowest BCUT2D eigenvalue weighted by Crippen LogP contribution is -2.62. The molecule has 24 heavy (non-hydrogen) atoms. The van der Waals surface area contributed by atoms with Gasteiger partial charge in [0.25, 0.3) is 0 Å². The van der Waals surface area contributed by atoms with Crippen LogP contribution in [0.4, 0.5) is 0 Å². The minimum Gasteiger partial charge on any atom is -0.394 e. The number of fused-ring (bicyclic) bond motifs is 2. The molecule has 8 heteroatoms. The van der Waals surface area contributed by atoms with Gasteiger partial charge >= 0.3 is 0 Å². The van der Waals surface area contributed by atoms with Gasteiger partial charge in [-0.05, 0) is 32.3 Å². The van der Waals surface area contributed by atoms with Gasteiger partial charge in [-0.1, -0.05) is 6.58 Å². The van der Waals surface area contributed by atoms with Gasteiger partial charge in [0.2, 0.25) is 0 Å². The molecule has 0 aliphatic carbocycles. The van der Waals surface area contributed by atoms with Gasteiger partial charge in [0.1, 0.15) is 42.2 Å². The lowest BCUT2D eigenvalue weighted by Gasteiger charge is -2.43. The predicted octanol–water partition coefficient (Wildman–Crippen LogP) is -1.57. The quantitative estimate of drug-likeness (QED) is 0.386. The molecule has 3 aliphatic heterocycles. The second kappa shape index (κ2) is 6.00. The molecule has 9 atom stereocenters. The van der Waals surface area contributed by atoms with E-state index in [0.717, 1.165) is 0 Å². The molecule has 138 valence electrons. The summed E-state index contributed by atoms with van der Waals surface area (Å²) in [5.74, 6) is 0. The molecular weight excluding hydrogens is 320 g/mol. The Morgan fingerprint density at radius 1 is 1.17 bits per heavy atom. The van der Waals surface area contributed by atoms with E-state index < -0.39 is 60.7 Å². The second-order valence-corrected chi connectivity index (χ2v) is 7.28. The Morgan fingerprint density at radius 2 is 1.83 bits per heavy atom. The van der Waals surface area contributed by atoms with Gasteiger partial charge in [-0.2, -0.15) is 0 Å². The van der Waals surface area contributed by atoms with Crippen molar-refractivity contribution >= 4 is 0 Å². The maximum Gasteiger partial charge on any atom is 0.187 e. The summed E-state index contributed by atoms with van der Waals surface area (Å²) in [7, 11) is 0. The van der Waals surface area contributed by atoms with E-state index in [1.807, 2.05) is 0 Å². The monoisotopic (exact) mass is 346 g/mol. The third-order valence-corrected chi connectivity index (χ3v) is 5.63. The topological polar surface area (TPSA) is 129 Å². The Kier molecular flexibility index (Phi) is 4.55. The summed E-state index contributed by atoms with van der Waals surface area (Å²) in [5, 5.41) is 49.7. The van der Waals surface area contributed by atoms with Gasteiger partial charge in [0, 0.05) is 0 Å². The average Bonchev–Trinajstić information content (AvgIpc) is 3.00. The standard InChI is InChI=1S/C16H26O8/c1-7(2)16-5-4-15(3,24-16)12(21)13(16)23-14-11(20)10(19)9(18)8(6-17)22-14/h8-14,17-21H,1,4-6H2,2-3H3. The van der Waals surface area contributed by atoms with E-state index in [0.29, 0.717) is 18.4 Å². The summed E-state index contributed by atoms with van der Waals surface area (Å²) in [6, 6.07) is 0. The first-order valence-electron chi connectivity index (χ1n) is 8.16.